The van der Waals surface area contributed by atoms with E-state index in [0.717, 1.165) is 22.6 Å². The monoisotopic (exact) mass is 409 g/mol. The lowest BCUT2D eigenvalue weighted by Crippen LogP contribution is -2.33. The van der Waals surface area contributed by atoms with Crippen molar-refractivity contribution in [1.29, 1.82) is 0 Å². The second-order valence-corrected chi connectivity index (χ2v) is 7.20. The molecule has 0 radical (unpaired) electrons. The van der Waals surface area contributed by atoms with Gasteiger partial charge in [-0.05, 0) is 51.5 Å². The molecule has 3 aromatic rings. The average Bonchev–Trinajstić information content (AvgIpc) is 3.37. The van der Waals surface area contributed by atoms with Gasteiger partial charge in [0.05, 0.1) is 23.9 Å². The summed E-state index contributed by atoms with van der Waals surface area (Å²) in [6, 6.07) is 9.53. The number of carbonyl (C=O) groups excluding carboxylic acids is 2. The van der Waals surface area contributed by atoms with Crippen LogP contribution in [0.1, 0.15) is 47.2 Å². The SMILES string of the molecule is CCOC(=O)c1cc(C)n(CC(=O)N(C)[C@@H](C)c2ccc(-n3cncn3)cc2)c1C. The summed E-state index contributed by atoms with van der Waals surface area (Å²) in [6.07, 6.45) is 3.13. The summed E-state index contributed by atoms with van der Waals surface area (Å²) in [5.41, 5.74) is 4.01. The number of hydrogen-bond acceptors (Lipinski definition) is 5. The Labute approximate surface area is 176 Å². The summed E-state index contributed by atoms with van der Waals surface area (Å²) >= 11 is 0. The molecule has 0 aliphatic rings. The van der Waals surface area contributed by atoms with Gasteiger partial charge in [-0.15, -0.1) is 0 Å². The van der Waals surface area contributed by atoms with Gasteiger partial charge in [0.2, 0.25) is 5.91 Å². The van der Waals surface area contributed by atoms with Crippen molar-refractivity contribution in [2.24, 2.45) is 0 Å². The van der Waals surface area contributed by atoms with Gasteiger partial charge in [-0.3, -0.25) is 4.79 Å². The third-order valence-electron chi connectivity index (χ3n) is 5.40. The van der Waals surface area contributed by atoms with Crippen molar-refractivity contribution in [3.05, 3.63) is 65.5 Å². The average molecular weight is 409 g/mol. The lowest BCUT2D eigenvalue weighted by Gasteiger charge is -2.26. The van der Waals surface area contributed by atoms with Crippen molar-refractivity contribution in [2.45, 2.75) is 40.3 Å². The molecule has 30 heavy (non-hydrogen) atoms. The molecule has 1 atom stereocenters. The van der Waals surface area contributed by atoms with Crippen LogP contribution in [0.15, 0.2) is 43.0 Å². The van der Waals surface area contributed by atoms with Gasteiger partial charge in [0.1, 0.15) is 19.2 Å². The Bertz CT molecular complexity index is 1020. The number of likely N-dealkylation sites (N-methyl/N-ethyl adjacent to an activating group) is 1. The van der Waals surface area contributed by atoms with E-state index in [2.05, 4.69) is 10.1 Å². The normalized spacial score (nSPS) is 11.9. The zero-order valence-electron chi connectivity index (χ0n) is 18.0. The summed E-state index contributed by atoms with van der Waals surface area (Å²) in [6.45, 7) is 7.96. The minimum absolute atomic E-state index is 0.0416. The highest BCUT2D eigenvalue weighted by Gasteiger charge is 2.22. The summed E-state index contributed by atoms with van der Waals surface area (Å²) in [4.78, 5) is 30.7. The number of aromatic nitrogens is 4. The van der Waals surface area contributed by atoms with Gasteiger partial charge >= 0.3 is 5.97 Å². The molecule has 1 amide bonds. The number of hydrogen-bond donors (Lipinski definition) is 0. The van der Waals surface area contributed by atoms with E-state index in [1.54, 1.807) is 35.9 Å². The topological polar surface area (TPSA) is 82.2 Å². The van der Waals surface area contributed by atoms with E-state index >= 15 is 0 Å². The summed E-state index contributed by atoms with van der Waals surface area (Å²) in [7, 11) is 1.79. The van der Waals surface area contributed by atoms with Crippen LogP contribution in [0.5, 0.6) is 0 Å². The number of rotatable bonds is 7. The standard InChI is InChI=1S/C22H27N5O3/c1-6-30-22(29)20-11-15(2)26(17(20)4)12-21(28)25(5)16(3)18-7-9-19(10-8-18)27-14-23-13-24-27/h7-11,13-14,16H,6,12H2,1-5H3/t16-/m0/s1. The Morgan fingerprint density at radius 3 is 2.50 bits per heavy atom. The lowest BCUT2D eigenvalue weighted by atomic mass is 10.1. The predicted octanol–water partition coefficient (Wildman–Crippen LogP) is 3.08. The van der Waals surface area contributed by atoms with Crippen molar-refractivity contribution in [2.75, 3.05) is 13.7 Å². The number of esters is 1. The quantitative estimate of drug-likeness (QED) is 0.560. The summed E-state index contributed by atoms with van der Waals surface area (Å²) in [5.74, 6) is -0.404. The molecule has 0 fully saturated rings. The number of ether oxygens (including phenoxy) is 1. The molecule has 0 aliphatic heterocycles. The van der Waals surface area contributed by atoms with Gasteiger partial charge in [-0.25, -0.2) is 14.5 Å². The zero-order chi connectivity index (χ0) is 21.8. The molecular weight excluding hydrogens is 382 g/mol. The summed E-state index contributed by atoms with van der Waals surface area (Å²) < 4.78 is 8.64. The lowest BCUT2D eigenvalue weighted by molar-refractivity contribution is -0.132. The maximum atomic E-state index is 13.0. The number of aryl methyl sites for hydroxylation is 1. The highest BCUT2D eigenvalue weighted by Crippen LogP contribution is 2.22. The van der Waals surface area contributed by atoms with Crippen LogP contribution >= 0.6 is 0 Å². The van der Waals surface area contributed by atoms with Crippen molar-refractivity contribution in [1.82, 2.24) is 24.2 Å². The van der Waals surface area contributed by atoms with Gasteiger partial charge in [0, 0.05) is 18.4 Å². The van der Waals surface area contributed by atoms with Gasteiger partial charge in [-0.1, -0.05) is 12.1 Å². The summed E-state index contributed by atoms with van der Waals surface area (Å²) in [5, 5.41) is 4.12. The zero-order valence-corrected chi connectivity index (χ0v) is 18.0. The highest BCUT2D eigenvalue weighted by atomic mass is 16.5. The first-order valence-corrected chi connectivity index (χ1v) is 9.88. The molecule has 8 nitrogen and oxygen atoms in total. The molecule has 3 rings (SSSR count). The molecule has 0 bridgehead atoms. The van der Waals surface area contributed by atoms with E-state index in [0.29, 0.717) is 12.2 Å². The molecule has 0 N–H and O–H groups in total. The van der Waals surface area contributed by atoms with E-state index in [-0.39, 0.29) is 24.5 Å². The van der Waals surface area contributed by atoms with Crippen LogP contribution in [-0.4, -0.2) is 49.8 Å². The Morgan fingerprint density at radius 1 is 1.20 bits per heavy atom. The second-order valence-electron chi connectivity index (χ2n) is 7.20. The van der Waals surface area contributed by atoms with Crippen LogP contribution in [0.3, 0.4) is 0 Å². The highest BCUT2D eigenvalue weighted by molar-refractivity contribution is 5.91. The molecule has 0 aliphatic carbocycles. The van der Waals surface area contributed by atoms with Crippen molar-refractivity contribution in [3.8, 4) is 5.69 Å². The molecule has 2 heterocycles. The largest absolute Gasteiger partial charge is 0.462 e. The molecule has 1 aromatic carbocycles. The minimum atomic E-state index is -0.363. The van der Waals surface area contributed by atoms with Crippen molar-refractivity contribution in [3.63, 3.8) is 0 Å². The van der Waals surface area contributed by atoms with Crippen LogP contribution in [-0.2, 0) is 16.1 Å². The first kappa shape index (κ1) is 21.3. The fourth-order valence-electron chi connectivity index (χ4n) is 3.39. The molecule has 2 aromatic heterocycles. The fourth-order valence-corrected chi connectivity index (χ4v) is 3.39. The fraction of sp³-hybridized carbons (Fsp3) is 0.364. The Kier molecular flexibility index (Phi) is 6.34. The third kappa shape index (κ3) is 4.27. The predicted molar refractivity (Wildman–Crippen MR) is 112 cm³/mol. The smallest absolute Gasteiger partial charge is 0.339 e. The van der Waals surface area contributed by atoms with Crippen LogP contribution in [0.2, 0.25) is 0 Å². The number of nitrogens with zero attached hydrogens (tertiary/aromatic N) is 5. The molecule has 8 heteroatoms. The van der Waals surface area contributed by atoms with Gasteiger partial charge < -0.3 is 14.2 Å². The Morgan fingerprint density at radius 2 is 1.90 bits per heavy atom. The van der Waals surface area contributed by atoms with Gasteiger partial charge in [0.25, 0.3) is 0 Å². The molecule has 0 saturated heterocycles. The van der Waals surface area contributed by atoms with Crippen LogP contribution in [0, 0.1) is 13.8 Å². The molecule has 0 saturated carbocycles. The van der Waals surface area contributed by atoms with Crippen LogP contribution < -0.4 is 0 Å². The third-order valence-corrected chi connectivity index (χ3v) is 5.40. The second kappa shape index (κ2) is 8.94. The maximum absolute atomic E-state index is 13.0. The Hall–Kier alpha value is -3.42. The maximum Gasteiger partial charge on any atom is 0.339 e. The number of benzene rings is 1. The van der Waals surface area contributed by atoms with Crippen LogP contribution in [0.25, 0.3) is 5.69 Å². The first-order chi connectivity index (χ1) is 14.3. The van der Waals surface area contributed by atoms with E-state index in [4.69, 9.17) is 4.74 Å². The number of amides is 1. The molecular formula is C22H27N5O3. The van der Waals surface area contributed by atoms with E-state index in [1.165, 1.54) is 6.33 Å². The molecule has 0 unspecified atom stereocenters. The van der Waals surface area contributed by atoms with Gasteiger partial charge in [0.15, 0.2) is 0 Å². The first-order valence-electron chi connectivity index (χ1n) is 9.88. The van der Waals surface area contributed by atoms with Crippen LogP contribution in [0.4, 0.5) is 0 Å². The molecule has 158 valence electrons. The van der Waals surface area contributed by atoms with E-state index in [1.807, 2.05) is 49.6 Å². The molecule has 0 spiro atoms. The Balaban J connectivity index is 1.72. The van der Waals surface area contributed by atoms with Gasteiger partial charge in [-0.2, -0.15) is 5.10 Å². The van der Waals surface area contributed by atoms with E-state index < -0.39 is 0 Å². The number of carbonyl (C=O) groups is 2. The minimum Gasteiger partial charge on any atom is -0.462 e. The van der Waals surface area contributed by atoms with Crippen molar-refractivity contribution < 1.29 is 14.3 Å². The van der Waals surface area contributed by atoms with E-state index in [9.17, 15) is 9.59 Å². The van der Waals surface area contributed by atoms with Crippen molar-refractivity contribution >= 4 is 11.9 Å².